The van der Waals surface area contributed by atoms with Crippen LogP contribution in [0.2, 0.25) is 0 Å². The third-order valence-electron chi connectivity index (χ3n) is 2.99. The van der Waals surface area contributed by atoms with Crippen LogP contribution in [0.25, 0.3) is 0 Å². The Hall–Kier alpha value is -2.04. The van der Waals surface area contributed by atoms with Crippen molar-refractivity contribution in [2.75, 3.05) is 12.3 Å². The Morgan fingerprint density at radius 3 is 2.84 bits per heavy atom. The van der Waals surface area contributed by atoms with E-state index in [-0.39, 0.29) is 18.9 Å². The highest BCUT2D eigenvalue weighted by molar-refractivity contribution is 5.92. The summed E-state index contributed by atoms with van der Waals surface area (Å²) in [6.07, 6.45) is 2.30. The highest BCUT2D eigenvalue weighted by Gasteiger charge is 2.23. The van der Waals surface area contributed by atoms with Gasteiger partial charge in [-0.1, -0.05) is 6.07 Å². The van der Waals surface area contributed by atoms with E-state index in [0.29, 0.717) is 17.3 Å². The molecule has 0 aromatic heterocycles. The highest BCUT2D eigenvalue weighted by atomic mass is 16.5. The summed E-state index contributed by atoms with van der Waals surface area (Å²) in [5.41, 5.74) is 7.40. The van der Waals surface area contributed by atoms with Crippen LogP contribution in [-0.2, 0) is 9.53 Å². The van der Waals surface area contributed by atoms with E-state index in [9.17, 15) is 9.59 Å². The molecule has 1 saturated carbocycles. The van der Waals surface area contributed by atoms with E-state index in [2.05, 4.69) is 5.32 Å². The van der Waals surface area contributed by atoms with Gasteiger partial charge >= 0.3 is 5.97 Å². The number of aryl methyl sites for hydroxylation is 1. The lowest BCUT2D eigenvalue weighted by molar-refractivity contribution is -0.121. The first-order valence-corrected chi connectivity index (χ1v) is 6.39. The summed E-state index contributed by atoms with van der Waals surface area (Å²) < 4.78 is 5.08. The standard InChI is InChI=1S/C14H18N2O3/c1-9-2-3-10(15)8-12(9)14(18)19-7-6-13(17)16-11-4-5-11/h2-3,8,11H,4-7,15H2,1H3,(H,16,17). The van der Waals surface area contributed by atoms with Crippen molar-refractivity contribution >= 4 is 17.6 Å². The molecule has 2 rings (SSSR count). The molecule has 0 radical (unpaired) electrons. The second-order valence-electron chi connectivity index (χ2n) is 4.80. The summed E-state index contributed by atoms with van der Waals surface area (Å²) in [4.78, 5) is 23.2. The Morgan fingerprint density at radius 2 is 2.16 bits per heavy atom. The summed E-state index contributed by atoms with van der Waals surface area (Å²) in [5.74, 6) is -0.511. The molecule has 1 aliphatic rings. The van der Waals surface area contributed by atoms with E-state index >= 15 is 0 Å². The summed E-state index contributed by atoms with van der Waals surface area (Å²) in [5, 5.41) is 2.84. The number of benzene rings is 1. The average Bonchev–Trinajstić information content (AvgIpc) is 3.16. The van der Waals surface area contributed by atoms with Crippen molar-refractivity contribution in [3.8, 4) is 0 Å². The van der Waals surface area contributed by atoms with Crippen molar-refractivity contribution in [2.45, 2.75) is 32.2 Å². The van der Waals surface area contributed by atoms with E-state index in [1.807, 2.05) is 6.92 Å². The number of hydrogen-bond donors (Lipinski definition) is 2. The molecule has 1 aromatic carbocycles. The van der Waals surface area contributed by atoms with Crippen LogP contribution in [-0.4, -0.2) is 24.5 Å². The van der Waals surface area contributed by atoms with Crippen LogP contribution >= 0.6 is 0 Å². The molecule has 1 aromatic rings. The van der Waals surface area contributed by atoms with E-state index in [1.54, 1.807) is 18.2 Å². The normalized spacial score (nSPS) is 13.9. The second-order valence-corrected chi connectivity index (χ2v) is 4.80. The monoisotopic (exact) mass is 262 g/mol. The Balaban J connectivity index is 1.80. The lowest BCUT2D eigenvalue weighted by Crippen LogP contribution is -2.26. The number of nitrogens with two attached hydrogens (primary N) is 1. The maximum absolute atomic E-state index is 11.8. The zero-order chi connectivity index (χ0) is 13.8. The van der Waals surface area contributed by atoms with E-state index in [1.165, 1.54) is 0 Å². The number of nitrogens with one attached hydrogen (secondary N) is 1. The Morgan fingerprint density at radius 1 is 1.42 bits per heavy atom. The molecular weight excluding hydrogens is 244 g/mol. The lowest BCUT2D eigenvalue weighted by atomic mass is 10.1. The van der Waals surface area contributed by atoms with Gasteiger partial charge in [0.15, 0.2) is 0 Å². The molecule has 0 aliphatic heterocycles. The molecule has 1 fully saturated rings. The number of amides is 1. The van der Waals surface area contributed by atoms with Crippen LogP contribution in [0.1, 0.15) is 35.2 Å². The van der Waals surface area contributed by atoms with Crippen LogP contribution in [0.5, 0.6) is 0 Å². The molecule has 0 atom stereocenters. The third kappa shape index (κ3) is 3.98. The first-order chi connectivity index (χ1) is 9.06. The fourth-order valence-electron chi connectivity index (χ4n) is 1.70. The maximum atomic E-state index is 11.8. The van der Waals surface area contributed by atoms with Gasteiger partial charge in [0.25, 0.3) is 0 Å². The van der Waals surface area contributed by atoms with Crippen molar-refractivity contribution in [2.24, 2.45) is 0 Å². The van der Waals surface area contributed by atoms with Gasteiger partial charge in [-0.3, -0.25) is 4.79 Å². The number of rotatable bonds is 5. The molecule has 0 saturated heterocycles. The molecule has 102 valence electrons. The molecule has 0 bridgehead atoms. The van der Waals surface area contributed by atoms with Crippen molar-refractivity contribution in [3.63, 3.8) is 0 Å². The average molecular weight is 262 g/mol. The van der Waals surface area contributed by atoms with Gasteiger partial charge in [-0.15, -0.1) is 0 Å². The van der Waals surface area contributed by atoms with Gasteiger partial charge in [-0.2, -0.15) is 0 Å². The number of carbonyl (C=O) groups is 2. The minimum Gasteiger partial charge on any atom is -0.462 e. The summed E-state index contributed by atoms with van der Waals surface area (Å²) in [6, 6.07) is 5.42. The maximum Gasteiger partial charge on any atom is 0.338 e. The van der Waals surface area contributed by atoms with Crippen LogP contribution in [0.3, 0.4) is 0 Å². The van der Waals surface area contributed by atoms with Crippen LogP contribution in [0.15, 0.2) is 18.2 Å². The molecule has 0 unspecified atom stereocenters. The van der Waals surface area contributed by atoms with Crippen LogP contribution in [0.4, 0.5) is 5.69 Å². The molecule has 5 nitrogen and oxygen atoms in total. The fraction of sp³-hybridized carbons (Fsp3) is 0.429. The molecule has 1 amide bonds. The number of anilines is 1. The first kappa shape index (κ1) is 13.4. The fourth-order valence-corrected chi connectivity index (χ4v) is 1.70. The van der Waals surface area contributed by atoms with Gasteiger partial charge < -0.3 is 15.8 Å². The number of esters is 1. The molecular formula is C14H18N2O3. The minimum atomic E-state index is -0.441. The highest BCUT2D eigenvalue weighted by Crippen LogP contribution is 2.18. The number of ether oxygens (including phenoxy) is 1. The molecule has 5 heteroatoms. The predicted molar refractivity (Wildman–Crippen MR) is 71.7 cm³/mol. The van der Waals surface area contributed by atoms with Gasteiger partial charge in [0.05, 0.1) is 12.0 Å². The van der Waals surface area contributed by atoms with E-state index < -0.39 is 5.97 Å². The Bertz CT molecular complexity index is 495. The predicted octanol–water partition coefficient (Wildman–Crippen LogP) is 1.40. The van der Waals surface area contributed by atoms with Gasteiger partial charge in [-0.25, -0.2) is 4.79 Å². The third-order valence-corrected chi connectivity index (χ3v) is 2.99. The molecule has 0 heterocycles. The van der Waals surface area contributed by atoms with Crippen molar-refractivity contribution in [1.29, 1.82) is 0 Å². The number of hydrogen-bond acceptors (Lipinski definition) is 4. The van der Waals surface area contributed by atoms with Crippen molar-refractivity contribution < 1.29 is 14.3 Å². The van der Waals surface area contributed by atoms with Crippen molar-refractivity contribution in [1.82, 2.24) is 5.32 Å². The Labute approximate surface area is 112 Å². The van der Waals surface area contributed by atoms with E-state index in [0.717, 1.165) is 18.4 Å². The number of nitrogen functional groups attached to an aromatic ring is 1. The molecule has 19 heavy (non-hydrogen) atoms. The summed E-state index contributed by atoms with van der Waals surface area (Å²) in [6.45, 7) is 1.90. The van der Waals surface area contributed by atoms with Crippen LogP contribution < -0.4 is 11.1 Å². The SMILES string of the molecule is Cc1ccc(N)cc1C(=O)OCCC(=O)NC1CC1. The Kier molecular flexibility index (Phi) is 4.04. The van der Waals surface area contributed by atoms with Crippen LogP contribution in [0, 0.1) is 6.92 Å². The van der Waals surface area contributed by atoms with Gasteiger partial charge in [0.2, 0.25) is 5.91 Å². The summed E-state index contributed by atoms with van der Waals surface area (Å²) in [7, 11) is 0. The number of carbonyl (C=O) groups excluding carboxylic acids is 2. The smallest absolute Gasteiger partial charge is 0.338 e. The minimum absolute atomic E-state index is 0.0698. The van der Waals surface area contributed by atoms with Gasteiger partial charge in [0.1, 0.15) is 6.61 Å². The van der Waals surface area contributed by atoms with Crippen molar-refractivity contribution in [3.05, 3.63) is 29.3 Å². The quantitative estimate of drug-likeness (QED) is 0.621. The molecule has 1 aliphatic carbocycles. The molecule has 0 spiro atoms. The molecule has 3 N–H and O–H groups in total. The lowest BCUT2D eigenvalue weighted by Gasteiger charge is -2.08. The second kappa shape index (κ2) is 5.73. The summed E-state index contributed by atoms with van der Waals surface area (Å²) >= 11 is 0. The van der Waals surface area contributed by atoms with Gasteiger partial charge in [0, 0.05) is 11.7 Å². The first-order valence-electron chi connectivity index (χ1n) is 6.39. The topological polar surface area (TPSA) is 81.4 Å². The largest absolute Gasteiger partial charge is 0.462 e. The zero-order valence-electron chi connectivity index (χ0n) is 10.9. The van der Waals surface area contributed by atoms with Gasteiger partial charge in [-0.05, 0) is 37.5 Å². The zero-order valence-corrected chi connectivity index (χ0v) is 10.9. The van der Waals surface area contributed by atoms with E-state index in [4.69, 9.17) is 10.5 Å².